The van der Waals surface area contributed by atoms with Crippen molar-refractivity contribution in [1.29, 1.82) is 0 Å². The molecule has 0 aliphatic carbocycles. The molecule has 2 amide bonds. The van der Waals surface area contributed by atoms with Gasteiger partial charge in [-0.15, -0.1) is 11.8 Å². The fourth-order valence-corrected chi connectivity index (χ4v) is 5.84. The van der Waals surface area contributed by atoms with Crippen LogP contribution in [0.15, 0.2) is 42.5 Å². The van der Waals surface area contributed by atoms with Gasteiger partial charge in [0.15, 0.2) is 11.5 Å². The molecule has 2 aromatic rings. The van der Waals surface area contributed by atoms with E-state index in [0.717, 1.165) is 35.7 Å². The summed E-state index contributed by atoms with van der Waals surface area (Å²) in [5.41, 5.74) is 1.64. The first-order chi connectivity index (χ1) is 16.0. The minimum atomic E-state index is -0.243. The number of amides is 2. The molecule has 9 heteroatoms. The average molecular weight is 470 g/mol. The second-order valence-corrected chi connectivity index (χ2v) is 9.83. The number of hydrogen-bond donors (Lipinski definition) is 2. The summed E-state index contributed by atoms with van der Waals surface area (Å²) in [7, 11) is 1.61. The fourth-order valence-electron chi connectivity index (χ4n) is 4.42. The highest BCUT2D eigenvalue weighted by molar-refractivity contribution is 8.01. The summed E-state index contributed by atoms with van der Waals surface area (Å²) in [6, 6.07) is 12.7. The summed E-state index contributed by atoms with van der Waals surface area (Å²) < 4.78 is 15.9. The Hall–Kier alpha value is -2.91. The van der Waals surface area contributed by atoms with Crippen molar-refractivity contribution in [2.24, 2.45) is 0 Å². The van der Waals surface area contributed by atoms with Gasteiger partial charge in [0.2, 0.25) is 12.7 Å². The van der Waals surface area contributed by atoms with Crippen molar-refractivity contribution >= 4 is 23.6 Å². The number of piperidine rings is 1. The zero-order valence-corrected chi connectivity index (χ0v) is 19.3. The van der Waals surface area contributed by atoms with E-state index >= 15 is 0 Å². The Kier molecular flexibility index (Phi) is 6.07. The molecule has 2 N–H and O–H groups in total. The number of ether oxygens (including phenoxy) is 3. The van der Waals surface area contributed by atoms with Crippen molar-refractivity contribution in [3.8, 4) is 17.2 Å². The third-order valence-corrected chi connectivity index (χ3v) is 7.96. The van der Waals surface area contributed by atoms with Crippen molar-refractivity contribution in [1.82, 2.24) is 15.5 Å². The molecule has 8 nitrogen and oxygen atoms in total. The molecule has 0 bridgehead atoms. The molecular formula is C24H27N3O5S. The maximum atomic E-state index is 12.8. The molecular weight excluding hydrogens is 442 g/mol. The van der Waals surface area contributed by atoms with E-state index in [-0.39, 0.29) is 29.5 Å². The number of nitrogens with zero attached hydrogens (tertiary/aromatic N) is 1. The van der Waals surface area contributed by atoms with Crippen LogP contribution in [0.1, 0.15) is 28.8 Å². The largest absolute Gasteiger partial charge is 0.497 e. The number of fused-ring (bicyclic) bond motifs is 1. The van der Waals surface area contributed by atoms with Gasteiger partial charge in [0.1, 0.15) is 5.75 Å². The average Bonchev–Trinajstić information content (AvgIpc) is 3.50. The molecule has 2 saturated heterocycles. The summed E-state index contributed by atoms with van der Waals surface area (Å²) in [6.07, 6.45) is 1.62. The quantitative estimate of drug-likeness (QED) is 0.695. The van der Waals surface area contributed by atoms with Gasteiger partial charge in [-0.1, -0.05) is 6.07 Å². The molecule has 33 heavy (non-hydrogen) atoms. The van der Waals surface area contributed by atoms with Crippen molar-refractivity contribution < 1.29 is 23.8 Å². The number of nitrogens with one attached hydrogen (secondary N) is 2. The van der Waals surface area contributed by atoms with Gasteiger partial charge in [0, 0.05) is 31.0 Å². The number of benzene rings is 2. The molecule has 0 aromatic heterocycles. The van der Waals surface area contributed by atoms with Crippen LogP contribution in [0, 0.1) is 0 Å². The summed E-state index contributed by atoms with van der Waals surface area (Å²) >= 11 is 1.79. The summed E-state index contributed by atoms with van der Waals surface area (Å²) in [6.45, 7) is 2.00. The predicted octanol–water partition coefficient (Wildman–Crippen LogP) is 2.38. The minimum Gasteiger partial charge on any atom is -0.497 e. The second-order valence-electron chi connectivity index (χ2n) is 8.43. The first kappa shape index (κ1) is 21.9. The molecule has 3 aliphatic rings. The Labute approximate surface area is 196 Å². The van der Waals surface area contributed by atoms with Gasteiger partial charge < -0.3 is 24.4 Å². The van der Waals surface area contributed by atoms with Crippen LogP contribution in [-0.2, 0) is 11.3 Å². The summed E-state index contributed by atoms with van der Waals surface area (Å²) in [4.78, 5) is 27.3. The van der Waals surface area contributed by atoms with Gasteiger partial charge in [-0.25, -0.2) is 0 Å². The van der Waals surface area contributed by atoms with Crippen LogP contribution in [0.25, 0.3) is 0 Å². The Balaban J connectivity index is 1.11. The normalized spacial score (nSPS) is 20.6. The van der Waals surface area contributed by atoms with Crippen molar-refractivity contribution in [2.75, 3.05) is 32.7 Å². The Morgan fingerprint density at radius 3 is 2.67 bits per heavy atom. The van der Waals surface area contributed by atoms with Gasteiger partial charge in [-0.2, -0.15) is 0 Å². The van der Waals surface area contributed by atoms with Crippen LogP contribution in [-0.4, -0.2) is 60.4 Å². The first-order valence-corrected chi connectivity index (χ1v) is 12.0. The van der Waals surface area contributed by atoms with Gasteiger partial charge in [0.05, 0.1) is 18.0 Å². The lowest BCUT2D eigenvalue weighted by Crippen LogP contribution is -2.54. The van der Waals surface area contributed by atoms with Gasteiger partial charge in [-0.05, 0) is 54.8 Å². The van der Waals surface area contributed by atoms with E-state index in [9.17, 15) is 9.59 Å². The van der Waals surface area contributed by atoms with Crippen LogP contribution in [0.4, 0.5) is 0 Å². The van der Waals surface area contributed by atoms with Gasteiger partial charge in [-0.3, -0.25) is 14.9 Å². The van der Waals surface area contributed by atoms with Crippen molar-refractivity contribution in [3.05, 3.63) is 53.6 Å². The molecule has 1 spiro atoms. The molecule has 174 valence electrons. The Morgan fingerprint density at radius 1 is 1.15 bits per heavy atom. The molecule has 3 heterocycles. The first-order valence-electron chi connectivity index (χ1n) is 11.1. The third-order valence-electron chi connectivity index (χ3n) is 6.38. The highest BCUT2D eigenvalue weighted by Crippen LogP contribution is 2.39. The van der Waals surface area contributed by atoms with E-state index in [1.807, 2.05) is 23.1 Å². The number of carbonyl (C=O) groups is 2. The number of rotatable bonds is 5. The minimum absolute atomic E-state index is 0.00576. The molecule has 1 unspecified atom stereocenters. The molecule has 0 radical (unpaired) electrons. The second kappa shape index (κ2) is 9.15. The molecule has 2 aromatic carbocycles. The van der Waals surface area contributed by atoms with Crippen LogP contribution in [0.3, 0.4) is 0 Å². The SMILES string of the molecule is COc1ccc(C(=O)N2CCC3(CC2)NC(C(=O)NCc2ccc4c(c2)OCO4)CS3)cc1. The number of methoxy groups -OCH3 is 1. The molecule has 0 saturated carbocycles. The van der Waals surface area contributed by atoms with Crippen molar-refractivity contribution in [2.45, 2.75) is 30.3 Å². The van der Waals surface area contributed by atoms with Crippen LogP contribution >= 0.6 is 11.8 Å². The number of thioether (sulfide) groups is 1. The van der Waals surface area contributed by atoms with Crippen LogP contribution in [0.5, 0.6) is 17.2 Å². The topological polar surface area (TPSA) is 89.1 Å². The summed E-state index contributed by atoms with van der Waals surface area (Å²) in [5.74, 6) is 2.93. The van der Waals surface area contributed by atoms with E-state index < -0.39 is 0 Å². The van der Waals surface area contributed by atoms with E-state index in [1.165, 1.54) is 0 Å². The summed E-state index contributed by atoms with van der Waals surface area (Å²) in [5, 5.41) is 6.58. The smallest absolute Gasteiger partial charge is 0.253 e. The maximum Gasteiger partial charge on any atom is 0.253 e. The van der Waals surface area contributed by atoms with Crippen LogP contribution < -0.4 is 24.8 Å². The lowest BCUT2D eigenvalue weighted by Gasteiger charge is -2.39. The van der Waals surface area contributed by atoms with Crippen molar-refractivity contribution in [3.63, 3.8) is 0 Å². The lowest BCUT2D eigenvalue weighted by atomic mass is 10.0. The van der Waals surface area contributed by atoms with Gasteiger partial charge >= 0.3 is 0 Å². The maximum absolute atomic E-state index is 12.8. The standard InChI is InChI=1S/C24H27N3O5S/c1-30-18-5-3-17(4-6-18)23(29)27-10-8-24(9-11-27)26-19(14-33-24)22(28)25-13-16-2-7-20-21(12-16)32-15-31-20/h2-7,12,19,26H,8-11,13-15H2,1H3,(H,25,28). The molecule has 5 rings (SSSR count). The third kappa shape index (κ3) is 4.60. The lowest BCUT2D eigenvalue weighted by molar-refractivity contribution is -0.122. The predicted molar refractivity (Wildman–Crippen MR) is 125 cm³/mol. The van der Waals surface area contributed by atoms with E-state index in [1.54, 1.807) is 43.1 Å². The monoisotopic (exact) mass is 469 g/mol. The molecule has 1 atom stereocenters. The van der Waals surface area contributed by atoms with E-state index in [4.69, 9.17) is 14.2 Å². The Bertz CT molecular complexity index is 1040. The zero-order valence-electron chi connectivity index (χ0n) is 18.5. The van der Waals surface area contributed by atoms with E-state index in [0.29, 0.717) is 30.9 Å². The van der Waals surface area contributed by atoms with Gasteiger partial charge in [0.25, 0.3) is 5.91 Å². The highest BCUT2D eigenvalue weighted by Gasteiger charge is 2.44. The molecule has 2 fully saturated rings. The highest BCUT2D eigenvalue weighted by atomic mass is 32.2. The molecule has 3 aliphatic heterocycles. The number of likely N-dealkylation sites (tertiary alicyclic amines) is 1. The number of carbonyl (C=O) groups excluding carboxylic acids is 2. The Morgan fingerprint density at radius 2 is 1.91 bits per heavy atom. The zero-order chi connectivity index (χ0) is 22.8. The van der Waals surface area contributed by atoms with E-state index in [2.05, 4.69) is 10.6 Å². The number of hydrogen-bond acceptors (Lipinski definition) is 7. The van der Waals surface area contributed by atoms with Crippen LogP contribution in [0.2, 0.25) is 0 Å². The fraction of sp³-hybridized carbons (Fsp3) is 0.417.